The zero-order valence-corrected chi connectivity index (χ0v) is 18.8. The Labute approximate surface area is 192 Å². The molecule has 2 heterocycles. The Bertz CT molecular complexity index is 1100. The van der Waals surface area contributed by atoms with Crippen molar-refractivity contribution in [3.05, 3.63) is 65.3 Å². The van der Waals surface area contributed by atoms with Crippen LogP contribution in [0.1, 0.15) is 12.0 Å². The van der Waals surface area contributed by atoms with E-state index in [1.54, 1.807) is 13.3 Å². The minimum atomic E-state index is -0.0887. The van der Waals surface area contributed by atoms with Gasteiger partial charge in [-0.15, -0.1) is 0 Å². The number of amides is 1. The van der Waals surface area contributed by atoms with E-state index in [0.717, 1.165) is 48.4 Å². The standard InChI is InChI=1S/C24H26ClN5O2/c1-32-20-5-2-18(3-6-20)17-27-28-24(31)9-11-29-12-14-30(15-13-29)23-8-10-26-22-16-19(25)4-7-21(22)23/h2-8,10,16-17H,9,11-15H2,1H3,(H,28,31)/b27-17+. The number of rotatable bonds is 7. The largest absolute Gasteiger partial charge is 0.497 e. The molecule has 0 bridgehead atoms. The highest BCUT2D eigenvalue weighted by Crippen LogP contribution is 2.28. The Morgan fingerprint density at radius 2 is 1.94 bits per heavy atom. The van der Waals surface area contributed by atoms with Crippen molar-refractivity contribution in [2.45, 2.75) is 6.42 Å². The summed E-state index contributed by atoms with van der Waals surface area (Å²) in [5, 5.41) is 5.84. The number of aromatic nitrogens is 1. The Balaban J connectivity index is 1.23. The summed E-state index contributed by atoms with van der Waals surface area (Å²) in [6.45, 7) is 4.32. The maximum absolute atomic E-state index is 12.1. The van der Waals surface area contributed by atoms with Gasteiger partial charge in [0.15, 0.2) is 0 Å². The number of hydrogen-bond acceptors (Lipinski definition) is 6. The molecule has 1 N–H and O–H groups in total. The van der Waals surface area contributed by atoms with E-state index >= 15 is 0 Å². The molecule has 1 aliphatic heterocycles. The number of pyridine rings is 1. The number of fused-ring (bicyclic) bond motifs is 1. The summed E-state index contributed by atoms with van der Waals surface area (Å²) in [6, 6.07) is 15.4. The molecular weight excluding hydrogens is 426 g/mol. The molecule has 0 aliphatic carbocycles. The zero-order valence-electron chi connectivity index (χ0n) is 18.0. The van der Waals surface area contributed by atoms with Gasteiger partial charge < -0.3 is 9.64 Å². The van der Waals surface area contributed by atoms with Gasteiger partial charge in [-0.25, -0.2) is 5.43 Å². The number of hydrogen-bond donors (Lipinski definition) is 1. The lowest BCUT2D eigenvalue weighted by Gasteiger charge is -2.36. The number of carbonyl (C=O) groups excluding carboxylic acids is 1. The first-order chi connectivity index (χ1) is 15.6. The lowest BCUT2D eigenvalue weighted by molar-refractivity contribution is -0.121. The molecule has 3 aromatic rings. The summed E-state index contributed by atoms with van der Waals surface area (Å²) in [5.74, 6) is 0.696. The summed E-state index contributed by atoms with van der Waals surface area (Å²) in [4.78, 5) is 21.2. The minimum Gasteiger partial charge on any atom is -0.497 e. The Hall–Kier alpha value is -3.16. The molecule has 0 radical (unpaired) electrons. The molecule has 2 aromatic carbocycles. The van der Waals surface area contributed by atoms with Crippen molar-refractivity contribution in [2.75, 3.05) is 44.7 Å². The van der Waals surface area contributed by atoms with E-state index in [0.29, 0.717) is 18.0 Å². The molecule has 0 spiro atoms. The summed E-state index contributed by atoms with van der Waals surface area (Å²) < 4.78 is 5.13. The molecule has 1 aromatic heterocycles. The van der Waals surface area contributed by atoms with E-state index in [1.807, 2.05) is 48.7 Å². The second-order valence-electron chi connectivity index (χ2n) is 7.64. The van der Waals surface area contributed by atoms with Gasteiger partial charge in [0.1, 0.15) is 5.75 Å². The van der Waals surface area contributed by atoms with Crippen LogP contribution in [0, 0.1) is 0 Å². The van der Waals surface area contributed by atoms with Crippen LogP contribution in [0.5, 0.6) is 5.75 Å². The molecule has 0 unspecified atom stereocenters. The van der Waals surface area contributed by atoms with Crippen molar-refractivity contribution in [1.29, 1.82) is 0 Å². The summed E-state index contributed by atoms with van der Waals surface area (Å²) in [6.07, 6.45) is 3.87. The number of ether oxygens (including phenoxy) is 1. The lowest BCUT2D eigenvalue weighted by atomic mass is 10.1. The van der Waals surface area contributed by atoms with Crippen molar-refractivity contribution in [3.8, 4) is 5.75 Å². The maximum atomic E-state index is 12.1. The van der Waals surface area contributed by atoms with E-state index in [1.165, 1.54) is 5.69 Å². The Kier molecular flexibility index (Phi) is 7.19. The molecule has 0 atom stereocenters. The van der Waals surface area contributed by atoms with Crippen molar-refractivity contribution in [1.82, 2.24) is 15.3 Å². The van der Waals surface area contributed by atoms with Crippen molar-refractivity contribution in [3.63, 3.8) is 0 Å². The second-order valence-corrected chi connectivity index (χ2v) is 8.07. The number of nitrogens with zero attached hydrogens (tertiary/aromatic N) is 4. The molecule has 8 heteroatoms. The van der Waals surface area contributed by atoms with Gasteiger partial charge in [-0.1, -0.05) is 11.6 Å². The van der Waals surface area contributed by atoms with E-state index in [9.17, 15) is 4.79 Å². The fourth-order valence-electron chi connectivity index (χ4n) is 3.78. The van der Waals surface area contributed by atoms with Crippen molar-refractivity contribution < 1.29 is 9.53 Å². The topological polar surface area (TPSA) is 70.1 Å². The number of methoxy groups -OCH3 is 1. The third kappa shape index (κ3) is 5.55. The highest BCUT2D eigenvalue weighted by molar-refractivity contribution is 6.31. The highest BCUT2D eigenvalue weighted by atomic mass is 35.5. The van der Waals surface area contributed by atoms with Gasteiger partial charge in [-0.2, -0.15) is 5.10 Å². The van der Waals surface area contributed by atoms with Gasteiger partial charge in [-0.3, -0.25) is 14.7 Å². The predicted octanol–water partition coefficient (Wildman–Crippen LogP) is 3.56. The average molecular weight is 452 g/mol. The third-order valence-electron chi connectivity index (χ3n) is 5.57. The smallest absolute Gasteiger partial charge is 0.241 e. The minimum absolute atomic E-state index is 0.0887. The number of halogens is 1. The summed E-state index contributed by atoms with van der Waals surface area (Å²) in [7, 11) is 1.63. The van der Waals surface area contributed by atoms with Gasteiger partial charge in [0.05, 0.1) is 18.8 Å². The van der Waals surface area contributed by atoms with Crippen molar-refractivity contribution in [2.24, 2.45) is 5.10 Å². The van der Waals surface area contributed by atoms with E-state index < -0.39 is 0 Å². The van der Waals surface area contributed by atoms with Crippen LogP contribution in [0.4, 0.5) is 5.69 Å². The fourth-order valence-corrected chi connectivity index (χ4v) is 3.94. The monoisotopic (exact) mass is 451 g/mol. The normalized spacial score (nSPS) is 14.8. The molecule has 1 saturated heterocycles. The predicted molar refractivity (Wildman–Crippen MR) is 129 cm³/mol. The SMILES string of the molecule is COc1ccc(/C=N/NC(=O)CCN2CCN(c3ccnc4cc(Cl)ccc34)CC2)cc1. The van der Waals surface area contributed by atoms with Crippen LogP contribution >= 0.6 is 11.6 Å². The number of hydrazone groups is 1. The maximum Gasteiger partial charge on any atom is 0.241 e. The number of benzene rings is 2. The molecule has 7 nitrogen and oxygen atoms in total. The average Bonchev–Trinajstić information content (AvgIpc) is 2.83. The molecule has 0 saturated carbocycles. The third-order valence-corrected chi connectivity index (χ3v) is 5.80. The molecule has 4 rings (SSSR count). The molecule has 32 heavy (non-hydrogen) atoms. The van der Waals surface area contributed by atoms with Gasteiger partial charge in [-0.05, 0) is 54.1 Å². The first kappa shape index (κ1) is 22.0. The van der Waals surface area contributed by atoms with Crippen LogP contribution in [0.2, 0.25) is 5.02 Å². The number of nitrogens with one attached hydrogen (secondary N) is 1. The van der Waals surface area contributed by atoms with Crippen LogP contribution in [0.3, 0.4) is 0 Å². The molecule has 166 valence electrons. The lowest BCUT2D eigenvalue weighted by Crippen LogP contribution is -2.47. The van der Waals surface area contributed by atoms with E-state index in [4.69, 9.17) is 16.3 Å². The summed E-state index contributed by atoms with van der Waals surface area (Å²) >= 11 is 6.10. The molecule has 1 amide bonds. The molecule has 1 aliphatic rings. The van der Waals surface area contributed by atoms with Crippen LogP contribution in [0.15, 0.2) is 59.8 Å². The fraction of sp³-hybridized carbons (Fsp3) is 0.292. The number of piperazine rings is 1. The van der Waals surface area contributed by atoms with Crippen LogP contribution < -0.4 is 15.1 Å². The molecule has 1 fully saturated rings. The quantitative estimate of drug-likeness (QED) is 0.439. The van der Waals surface area contributed by atoms with Gasteiger partial charge >= 0.3 is 0 Å². The van der Waals surface area contributed by atoms with Crippen LogP contribution in [-0.2, 0) is 4.79 Å². The van der Waals surface area contributed by atoms with Gasteiger partial charge in [0.2, 0.25) is 5.91 Å². The highest BCUT2D eigenvalue weighted by Gasteiger charge is 2.19. The van der Waals surface area contributed by atoms with Crippen LogP contribution in [-0.4, -0.2) is 61.8 Å². The van der Waals surface area contributed by atoms with Crippen molar-refractivity contribution >= 4 is 40.3 Å². The Morgan fingerprint density at radius 1 is 1.16 bits per heavy atom. The van der Waals surface area contributed by atoms with E-state index in [2.05, 4.69) is 31.4 Å². The summed E-state index contributed by atoms with van der Waals surface area (Å²) in [5.41, 5.74) is 5.58. The number of carbonyl (C=O) groups is 1. The zero-order chi connectivity index (χ0) is 22.3. The first-order valence-electron chi connectivity index (χ1n) is 10.6. The van der Waals surface area contributed by atoms with Gasteiger partial charge in [0, 0.05) is 61.4 Å². The number of anilines is 1. The van der Waals surface area contributed by atoms with Crippen LogP contribution in [0.25, 0.3) is 10.9 Å². The Morgan fingerprint density at radius 3 is 2.69 bits per heavy atom. The second kappa shape index (κ2) is 10.4. The first-order valence-corrected chi connectivity index (χ1v) is 11.0. The van der Waals surface area contributed by atoms with E-state index in [-0.39, 0.29) is 5.91 Å². The van der Waals surface area contributed by atoms with Gasteiger partial charge in [0.25, 0.3) is 0 Å². The molecular formula is C24H26ClN5O2.